The van der Waals surface area contributed by atoms with Crippen molar-refractivity contribution in [2.75, 3.05) is 0 Å². The molecule has 0 saturated carbocycles. The predicted molar refractivity (Wildman–Crippen MR) is 86.5 cm³/mol. The second-order valence-corrected chi connectivity index (χ2v) is 5.67. The summed E-state index contributed by atoms with van der Waals surface area (Å²) in [5, 5.41) is 7.36. The molecular weight excluding hydrogens is 278 g/mol. The van der Waals surface area contributed by atoms with Gasteiger partial charge in [0.1, 0.15) is 11.5 Å². The van der Waals surface area contributed by atoms with E-state index in [9.17, 15) is 4.79 Å². The highest BCUT2D eigenvalue weighted by Crippen LogP contribution is 2.14. The molecule has 5 heteroatoms. The largest absolute Gasteiger partial charge is 0.462 e. The van der Waals surface area contributed by atoms with Gasteiger partial charge in [-0.2, -0.15) is 5.10 Å². The zero-order valence-corrected chi connectivity index (χ0v) is 13.8. The van der Waals surface area contributed by atoms with Crippen LogP contribution in [0, 0.1) is 20.8 Å². The second-order valence-electron chi connectivity index (χ2n) is 5.67. The number of rotatable bonds is 5. The Balaban J connectivity index is 1.92. The van der Waals surface area contributed by atoms with Crippen LogP contribution in [0.5, 0.6) is 0 Å². The molecule has 2 heterocycles. The van der Waals surface area contributed by atoms with Gasteiger partial charge in [0.15, 0.2) is 0 Å². The van der Waals surface area contributed by atoms with Crippen LogP contribution in [0.2, 0.25) is 0 Å². The zero-order valence-electron chi connectivity index (χ0n) is 13.8. The third-order valence-corrected chi connectivity index (χ3v) is 3.72. The van der Waals surface area contributed by atoms with Crippen LogP contribution in [0.15, 0.2) is 22.6 Å². The molecule has 5 nitrogen and oxygen atoms in total. The Morgan fingerprint density at radius 2 is 2.14 bits per heavy atom. The molecule has 0 aliphatic carbocycles. The summed E-state index contributed by atoms with van der Waals surface area (Å²) in [5.74, 6) is 1.39. The van der Waals surface area contributed by atoms with E-state index in [1.807, 2.05) is 51.6 Å². The van der Waals surface area contributed by atoms with Crippen molar-refractivity contribution in [1.82, 2.24) is 15.1 Å². The van der Waals surface area contributed by atoms with Gasteiger partial charge in [-0.25, -0.2) is 0 Å². The lowest BCUT2D eigenvalue weighted by Gasteiger charge is -2.12. The SMILES string of the molecule is Cc1ccc(/C=C/C(=O)N[C@@H](C)Cc2c(C)nn(C)c2C)o1. The summed E-state index contributed by atoms with van der Waals surface area (Å²) in [7, 11) is 1.93. The van der Waals surface area contributed by atoms with Gasteiger partial charge in [-0.05, 0) is 57.9 Å². The molecule has 1 amide bonds. The Bertz CT molecular complexity index is 695. The molecule has 2 aromatic rings. The van der Waals surface area contributed by atoms with Crippen molar-refractivity contribution >= 4 is 12.0 Å². The lowest BCUT2D eigenvalue weighted by Crippen LogP contribution is -2.33. The van der Waals surface area contributed by atoms with E-state index in [2.05, 4.69) is 10.4 Å². The van der Waals surface area contributed by atoms with E-state index < -0.39 is 0 Å². The fourth-order valence-corrected chi connectivity index (χ4v) is 2.46. The highest BCUT2D eigenvalue weighted by atomic mass is 16.3. The number of hydrogen-bond donors (Lipinski definition) is 1. The minimum absolute atomic E-state index is 0.0390. The summed E-state index contributed by atoms with van der Waals surface area (Å²) in [5.41, 5.74) is 3.35. The second kappa shape index (κ2) is 6.64. The first-order valence-electron chi connectivity index (χ1n) is 7.41. The van der Waals surface area contributed by atoms with Crippen LogP contribution in [0.3, 0.4) is 0 Å². The monoisotopic (exact) mass is 301 g/mol. The first kappa shape index (κ1) is 16.1. The fraction of sp³-hybridized carbons (Fsp3) is 0.412. The van der Waals surface area contributed by atoms with Crippen LogP contribution >= 0.6 is 0 Å². The van der Waals surface area contributed by atoms with Crippen molar-refractivity contribution in [3.05, 3.63) is 46.7 Å². The summed E-state index contributed by atoms with van der Waals surface area (Å²) >= 11 is 0. The maximum atomic E-state index is 11.9. The summed E-state index contributed by atoms with van der Waals surface area (Å²) in [4.78, 5) is 11.9. The molecule has 22 heavy (non-hydrogen) atoms. The number of amides is 1. The van der Waals surface area contributed by atoms with E-state index in [4.69, 9.17) is 4.42 Å². The molecule has 0 aliphatic rings. The van der Waals surface area contributed by atoms with E-state index in [0.717, 1.165) is 23.6 Å². The third kappa shape index (κ3) is 3.87. The summed E-state index contributed by atoms with van der Waals surface area (Å²) in [6, 6.07) is 3.75. The molecule has 0 fully saturated rings. The van der Waals surface area contributed by atoms with Crippen LogP contribution < -0.4 is 5.32 Å². The van der Waals surface area contributed by atoms with Crippen molar-refractivity contribution in [2.45, 2.75) is 40.2 Å². The van der Waals surface area contributed by atoms with E-state index in [0.29, 0.717) is 5.76 Å². The van der Waals surface area contributed by atoms with Crippen molar-refractivity contribution in [3.63, 3.8) is 0 Å². The molecule has 0 spiro atoms. The minimum atomic E-state index is -0.124. The number of nitrogens with one attached hydrogen (secondary N) is 1. The van der Waals surface area contributed by atoms with Gasteiger partial charge in [-0.1, -0.05) is 0 Å². The van der Waals surface area contributed by atoms with Gasteiger partial charge >= 0.3 is 0 Å². The third-order valence-electron chi connectivity index (χ3n) is 3.72. The van der Waals surface area contributed by atoms with Gasteiger partial charge in [0.25, 0.3) is 0 Å². The zero-order chi connectivity index (χ0) is 16.3. The van der Waals surface area contributed by atoms with Gasteiger partial charge in [-0.3, -0.25) is 9.48 Å². The van der Waals surface area contributed by atoms with Gasteiger partial charge in [0, 0.05) is 24.9 Å². The Labute approximate surface area is 131 Å². The number of furan rings is 1. The molecule has 0 aromatic carbocycles. The number of aryl methyl sites for hydroxylation is 3. The van der Waals surface area contributed by atoms with E-state index in [1.54, 1.807) is 6.08 Å². The van der Waals surface area contributed by atoms with Crippen molar-refractivity contribution in [1.29, 1.82) is 0 Å². The number of nitrogens with zero attached hydrogens (tertiary/aromatic N) is 2. The van der Waals surface area contributed by atoms with Crippen LogP contribution in [0.4, 0.5) is 0 Å². The first-order chi connectivity index (χ1) is 10.4. The Kier molecular flexibility index (Phi) is 4.85. The number of carbonyl (C=O) groups excluding carboxylic acids is 1. The molecule has 2 rings (SSSR count). The smallest absolute Gasteiger partial charge is 0.244 e. The van der Waals surface area contributed by atoms with Crippen LogP contribution in [-0.4, -0.2) is 21.7 Å². The molecule has 0 aliphatic heterocycles. The van der Waals surface area contributed by atoms with Gasteiger partial charge in [0.05, 0.1) is 5.69 Å². The Morgan fingerprint density at radius 3 is 2.68 bits per heavy atom. The molecular formula is C17H23N3O2. The van der Waals surface area contributed by atoms with Crippen LogP contribution in [0.1, 0.15) is 35.4 Å². The highest BCUT2D eigenvalue weighted by molar-refractivity contribution is 5.91. The lowest BCUT2D eigenvalue weighted by atomic mass is 10.1. The van der Waals surface area contributed by atoms with E-state index >= 15 is 0 Å². The molecule has 1 N–H and O–H groups in total. The minimum Gasteiger partial charge on any atom is -0.462 e. The predicted octanol–water partition coefficient (Wildman–Crippen LogP) is 2.70. The number of aromatic nitrogens is 2. The number of hydrogen-bond acceptors (Lipinski definition) is 3. The molecule has 0 bridgehead atoms. The molecule has 0 unspecified atom stereocenters. The topological polar surface area (TPSA) is 60.1 Å². The standard InChI is InChI=1S/C17H23N3O2/c1-11(10-16-13(3)19-20(5)14(16)4)18-17(21)9-8-15-7-6-12(2)22-15/h6-9,11H,10H2,1-5H3,(H,18,21)/b9-8+/t11-/m0/s1. The highest BCUT2D eigenvalue weighted by Gasteiger charge is 2.13. The van der Waals surface area contributed by atoms with Crippen LogP contribution in [-0.2, 0) is 18.3 Å². The molecule has 0 saturated heterocycles. The molecule has 1 atom stereocenters. The van der Waals surface area contributed by atoms with E-state index in [1.165, 1.54) is 11.6 Å². The maximum Gasteiger partial charge on any atom is 0.244 e. The first-order valence-corrected chi connectivity index (χ1v) is 7.41. The van der Waals surface area contributed by atoms with Gasteiger partial charge in [0.2, 0.25) is 5.91 Å². The Hall–Kier alpha value is -2.30. The van der Waals surface area contributed by atoms with E-state index in [-0.39, 0.29) is 11.9 Å². The lowest BCUT2D eigenvalue weighted by molar-refractivity contribution is -0.117. The summed E-state index contributed by atoms with van der Waals surface area (Å²) in [6.07, 6.45) is 3.94. The van der Waals surface area contributed by atoms with Crippen molar-refractivity contribution in [3.8, 4) is 0 Å². The fourth-order valence-electron chi connectivity index (χ4n) is 2.46. The summed E-state index contributed by atoms with van der Waals surface area (Å²) < 4.78 is 7.26. The Morgan fingerprint density at radius 1 is 1.41 bits per heavy atom. The average Bonchev–Trinajstić information content (AvgIpc) is 2.96. The molecule has 2 aromatic heterocycles. The van der Waals surface area contributed by atoms with Gasteiger partial charge < -0.3 is 9.73 Å². The normalized spacial score (nSPS) is 12.8. The quantitative estimate of drug-likeness (QED) is 0.864. The molecule has 118 valence electrons. The number of carbonyl (C=O) groups is 1. The molecule has 0 radical (unpaired) electrons. The average molecular weight is 301 g/mol. The van der Waals surface area contributed by atoms with Gasteiger partial charge in [-0.15, -0.1) is 0 Å². The van der Waals surface area contributed by atoms with Crippen molar-refractivity contribution in [2.24, 2.45) is 7.05 Å². The van der Waals surface area contributed by atoms with Crippen LogP contribution in [0.25, 0.3) is 6.08 Å². The maximum absolute atomic E-state index is 11.9. The summed E-state index contributed by atoms with van der Waals surface area (Å²) in [6.45, 7) is 7.91. The van der Waals surface area contributed by atoms with Crippen molar-refractivity contribution < 1.29 is 9.21 Å².